The number of nitrogens with one attached hydrogen (secondary N) is 1. The van der Waals surface area contributed by atoms with Crippen molar-refractivity contribution in [1.82, 2.24) is 0 Å². The van der Waals surface area contributed by atoms with E-state index in [0.29, 0.717) is 5.92 Å². The number of benzene rings is 1. The highest BCUT2D eigenvalue weighted by Gasteiger charge is 2.17. The minimum atomic E-state index is -0.0700. The molecule has 0 aliphatic carbocycles. The van der Waals surface area contributed by atoms with E-state index in [4.69, 9.17) is 0 Å². The van der Waals surface area contributed by atoms with Crippen molar-refractivity contribution >= 4 is 5.69 Å². The van der Waals surface area contributed by atoms with E-state index in [-0.39, 0.29) is 5.82 Å². The molecule has 1 unspecified atom stereocenters. The van der Waals surface area contributed by atoms with Gasteiger partial charge in [-0.1, -0.05) is 13.0 Å². The second-order valence-corrected chi connectivity index (χ2v) is 3.67. The van der Waals surface area contributed by atoms with Crippen LogP contribution in [-0.4, -0.2) is 6.54 Å². The first-order valence-corrected chi connectivity index (χ1v) is 4.81. The minimum Gasteiger partial charge on any atom is -0.385 e. The van der Waals surface area contributed by atoms with Gasteiger partial charge in [-0.25, -0.2) is 4.39 Å². The van der Waals surface area contributed by atoms with Crippen LogP contribution in [0.5, 0.6) is 0 Å². The van der Waals surface area contributed by atoms with Crippen molar-refractivity contribution in [3.8, 4) is 0 Å². The first-order valence-electron chi connectivity index (χ1n) is 4.81. The molecular weight excluding hydrogens is 165 g/mol. The summed E-state index contributed by atoms with van der Waals surface area (Å²) in [7, 11) is 0. The molecule has 0 saturated heterocycles. The van der Waals surface area contributed by atoms with Gasteiger partial charge >= 0.3 is 0 Å². The van der Waals surface area contributed by atoms with Gasteiger partial charge in [-0.2, -0.15) is 0 Å². The number of anilines is 1. The van der Waals surface area contributed by atoms with Crippen LogP contribution in [0.25, 0.3) is 0 Å². The molecule has 1 atom stereocenters. The van der Waals surface area contributed by atoms with Crippen LogP contribution in [0.3, 0.4) is 0 Å². The van der Waals surface area contributed by atoms with Crippen LogP contribution >= 0.6 is 0 Å². The Kier molecular flexibility index (Phi) is 2.21. The maximum Gasteiger partial charge on any atom is 0.128 e. The molecule has 2 heteroatoms. The van der Waals surface area contributed by atoms with Gasteiger partial charge in [0.05, 0.1) is 0 Å². The van der Waals surface area contributed by atoms with Gasteiger partial charge in [-0.3, -0.25) is 0 Å². The van der Waals surface area contributed by atoms with Gasteiger partial charge in [-0.15, -0.1) is 0 Å². The average molecular weight is 179 g/mol. The third-order valence-electron chi connectivity index (χ3n) is 2.68. The Morgan fingerprint density at radius 3 is 3.15 bits per heavy atom. The average Bonchev–Trinajstić information content (AvgIpc) is 2.29. The van der Waals surface area contributed by atoms with Crippen LogP contribution in [0.15, 0.2) is 18.2 Å². The Balaban J connectivity index is 2.48. The Morgan fingerprint density at radius 1 is 1.46 bits per heavy atom. The van der Waals surface area contributed by atoms with Crippen LogP contribution in [0.4, 0.5) is 10.1 Å². The summed E-state index contributed by atoms with van der Waals surface area (Å²) < 4.78 is 13.5. The fourth-order valence-corrected chi connectivity index (χ4v) is 1.97. The molecule has 2 rings (SSSR count). The van der Waals surface area contributed by atoms with E-state index < -0.39 is 0 Å². The number of hydrogen-bond donors (Lipinski definition) is 1. The third-order valence-corrected chi connectivity index (χ3v) is 2.68. The first-order chi connectivity index (χ1) is 6.29. The number of hydrogen-bond acceptors (Lipinski definition) is 1. The summed E-state index contributed by atoms with van der Waals surface area (Å²) in [5, 5.41) is 3.26. The molecule has 0 radical (unpaired) electrons. The van der Waals surface area contributed by atoms with Gasteiger partial charge in [0, 0.05) is 17.8 Å². The fraction of sp³-hybridized carbons (Fsp3) is 0.455. The number of fused-ring (bicyclic) bond motifs is 1. The highest BCUT2D eigenvalue weighted by atomic mass is 19.1. The molecule has 0 fully saturated rings. The Bertz CT molecular complexity index is 309. The van der Waals surface area contributed by atoms with E-state index in [0.717, 1.165) is 30.6 Å². The topological polar surface area (TPSA) is 12.0 Å². The van der Waals surface area contributed by atoms with Crippen molar-refractivity contribution in [2.75, 3.05) is 11.9 Å². The summed E-state index contributed by atoms with van der Waals surface area (Å²) in [5.74, 6) is 0.269. The molecule has 13 heavy (non-hydrogen) atoms. The van der Waals surface area contributed by atoms with E-state index in [2.05, 4.69) is 12.2 Å². The van der Waals surface area contributed by atoms with Gasteiger partial charge in [0.2, 0.25) is 0 Å². The molecule has 0 aromatic heterocycles. The molecular formula is C11H14FN. The zero-order chi connectivity index (χ0) is 9.26. The van der Waals surface area contributed by atoms with Crippen molar-refractivity contribution in [2.24, 2.45) is 0 Å². The van der Waals surface area contributed by atoms with Crippen molar-refractivity contribution in [1.29, 1.82) is 0 Å². The summed E-state index contributed by atoms with van der Waals surface area (Å²) in [6.45, 7) is 3.05. The van der Waals surface area contributed by atoms with E-state index in [1.165, 1.54) is 0 Å². The second kappa shape index (κ2) is 3.36. The first kappa shape index (κ1) is 8.54. The van der Waals surface area contributed by atoms with Crippen LogP contribution in [0.1, 0.15) is 31.2 Å². The molecule has 1 aliphatic rings. The SMILES string of the molecule is CC1CCCNc2cccc(F)c21. The Morgan fingerprint density at radius 2 is 2.31 bits per heavy atom. The van der Waals surface area contributed by atoms with Gasteiger partial charge in [0.25, 0.3) is 0 Å². The van der Waals surface area contributed by atoms with Crippen molar-refractivity contribution in [2.45, 2.75) is 25.7 Å². The maximum atomic E-state index is 13.5. The largest absolute Gasteiger partial charge is 0.385 e. The lowest BCUT2D eigenvalue weighted by Gasteiger charge is -2.12. The monoisotopic (exact) mass is 179 g/mol. The van der Waals surface area contributed by atoms with E-state index >= 15 is 0 Å². The molecule has 0 bridgehead atoms. The molecule has 1 aromatic carbocycles. The van der Waals surface area contributed by atoms with Crippen molar-refractivity contribution in [3.05, 3.63) is 29.6 Å². The summed E-state index contributed by atoms with van der Waals surface area (Å²) in [6, 6.07) is 5.27. The zero-order valence-electron chi connectivity index (χ0n) is 7.81. The molecule has 70 valence electrons. The van der Waals surface area contributed by atoms with E-state index in [9.17, 15) is 4.39 Å². The van der Waals surface area contributed by atoms with Crippen LogP contribution in [0, 0.1) is 5.82 Å². The van der Waals surface area contributed by atoms with Crippen molar-refractivity contribution < 1.29 is 4.39 Å². The fourth-order valence-electron chi connectivity index (χ4n) is 1.97. The summed E-state index contributed by atoms with van der Waals surface area (Å²) in [5.41, 5.74) is 1.84. The highest BCUT2D eigenvalue weighted by molar-refractivity contribution is 5.54. The van der Waals surface area contributed by atoms with Crippen LogP contribution < -0.4 is 5.32 Å². The van der Waals surface area contributed by atoms with E-state index in [1.807, 2.05) is 6.07 Å². The Hall–Kier alpha value is -1.05. The lowest BCUT2D eigenvalue weighted by Crippen LogP contribution is -2.01. The standard InChI is InChI=1S/C11H14FN/c1-8-4-3-7-13-10-6-2-5-9(12)11(8)10/h2,5-6,8,13H,3-4,7H2,1H3. The molecule has 0 saturated carbocycles. The van der Waals surface area contributed by atoms with Gasteiger partial charge in [0.15, 0.2) is 0 Å². The van der Waals surface area contributed by atoms with E-state index in [1.54, 1.807) is 12.1 Å². The number of halogens is 1. The quantitative estimate of drug-likeness (QED) is 0.645. The van der Waals surface area contributed by atoms with Crippen LogP contribution in [0.2, 0.25) is 0 Å². The molecule has 1 N–H and O–H groups in total. The lowest BCUT2D eigenvalue weighted by atomic mass is 9.96. The number of rotatable bonds is 0. The molecule has 0 spiro atoms. The van der Waals surface area contributed by atoms with Gasteiger partial charge in [-0.05, 0) is 30.9 Å². The maximum absolute atomic E-state index is 13.5. The van der Waals surface area contributed by atoms with Gasteiger partial charge < -0.3 is 5.32 Å². The zero-order valence-corrected chi connectivity index (χ0v) is 7.81. The molecule has 0 amide bonds. The molecule has 1 aliphatic heterocycles. The Labute approximate surface area is 78.0 Å². The highest BCUT2D eigenvalue weighted by Crippen LogP contribution is 2.32. The minimum absolute atomic E-state index is 0.0700. The van der Waals surface area contributed by atoms with Crippen molar-refractivity contribution in [3.63, 3.8) is 0 Å². The van der Waals surface area contributed by atoms with Crippen LogP contribution in [-0.2, 0) is 0 Å². The third kappa shape index (κ3) is 1.53. The summed E-state index contributed by atoms with van der Waals surface area (Å²) in [6.07, 6.45) is 2.19. The predicted octanol–water partition coefficient (Wildman–Crippen LogP) is 3.13. The molecule has 1 aromatic rings. The molecule has 1 nitrogen and oxygen atoms in total. The smallest absolute Gasteiger partial charge is 0.128 e. The summed E-state index contributed by atoms with van der Waals surface area (Å²) in [4.78, 5) is 0. The molecule has 1 heterocycles. The van der Waals surface area contributed by atoms with Gasteiger partial charge in [0.1, 0.15) is 5.82 Å². The predicted molar refractivity (Wildman–Crippen MR) is 52.5 cm³/mol. The lowest BCUT2D eigenvalue weighted by molar-refractivity contribution is 0.576. The summed E-state index contributed by atoms with van der Waals surface area (Å²) >= 11 is 0. The second-order valence-electron chi connectivity index (χ2n) is 3.67. The normalized spacial score (nSPS) is 21.5.